The minimum atomic E-state index is -0.503. The normalized spacial score (nSPS) is 10.5. The predicted molar refractivity (Wildman–Crippen MR) is 85.9 cm³/mol. The Morgan fingerprint density at radius 1 is 1.42 bits per heavy atom. The molecule has 0 amide bonds. The molecule has 0 radical (unpaired) electrons. The van der Waals surface area contributed by atoms with Crippen LogP contribution < -0.4 is 11.3 Å². The maximum atomic E-state index is 12.2. The largest absolute Gasteiger partial charge is 0.468 e. The molecular weight excluding hydrogens is 312 g/mol. The molecule has 8 heteroatoms. The fourth-order valence-electron chi connectivity index (χ4n) is 2.22. The third-order valence-electron chi connectivity index (χ3n) is 3.40. The van der Waals surface area contributed by atoms with Gasteiger partial charge in [-0.05, 0) is 23.8 Å². The number of esters is 1. The van der Waals surface area contributed by atoms with E-state index < -0.39 is 5.97 Å². The lowest BCUT2D eigenvalue weighted by atomic mass is 10.1. The van der Waals surface area contributed by atoms with Crippen molar-refractivity contribution >= 4 is 11.9 Å². The number of furan rings is 1. The Kier molecular flexibility index (Phi) is 4.11. The van der Waals surface area contributed by atoms with Crippen LogP contribution in [0.1, 0.15) is 0 Å². The van der Waals surface area contributed by atoms with Crippen molar-refractivity contribution in [3.63, 3.8) is 0 Å². The van der Waals surface area contributed by atoms with E-state index in [-0.39, 0.29) is 18.1 Å². The molecule has 0 aliphatic rings. The first-order chi connectivity index (χ1) is 11.6. The molecule has 3 aromatic rings. The quantitative estimate of drug-likeness (QED) is 0.719. The summed E-state index contributed by atoms with van der Waals surface area (Å²) in [7, 11) is 1.27. The average Bonchev–Trinajstić information content (AvgIpc) is 3.11. The predicted octanol–water partition coefficient (Wildman–Crippen LogP) is 1.32. The average molecular weight is 326 g/mol. The number of anilines is 1. The number of aromatic nitrogens is 3. The summed E-state index contributed by atoms with van der Waals surface area (Å²) in [6.07, 6.45) is 4.56. The van der Waals surface area contributed by atoms with Gasteiger partial charge >= 0.3 is 5.97 Å². The van der Waals surface area contributed by atoms with Crippen LogP contribution in [0.5, 0.6) is 0 Å². The van der Waals surface area contributed by atoms with Crippen molar-refractivity contribution < 1.29 is 13.9 Å². The fraction of sp³-hybridized carbons (Fsp3) is 0.125. The standard InChI is InChI=1S/C16H14N4O4/c1-23-14(22)9-20-5-4-10(7-13(20)21)11-8-18-16(17)19-15(11)12-3-2-6-24-12/h2-8H,9H2,1H3,(H2,17,18,19). The van der Waals surface area contributed by atoms with Crippen LogP contribution in [0.25, 0.3) is 22.6 Å². The van der Waals surface area contributed by atoms with E-state index in [1.807, 2.05) is 0 Å². The summed E-state index contributed by atoms with van der Waals surface area (Å²) in [6.45, 7) is -0.154. The van der Waals surface area contributed by atoms with Crippen LogP contribution in [0.15, 0.2) is 52.1 Å². The van der Waals surface area contributed by atoms with Crippen LogP contribution in [-0.4, -0.2) is 27.6 Å². The van der Waals surface area contributed by atoms with Crippen LogP contribution in [-0.2, 0) is 16.1 Å². The Morgan fingerprint density at radius 2 is 2.25 bits per heavy atom. The van der Waals surface area contributed by atoms with Crippen molar-refractivity contribution in [1.82, 2.24) is 14.5 Å². The number of methoxy groups -OCH3 is 1. The lowest BCUT2D eigenvalue weighted by Crippen LogP contribution is -2.23. The van der Waals surface area contributed by atoms with Crippen molar-refractivity contribution in [3.8, 4) is 22.6 Å². The number of pyridine rings is 1. The third-order valence-corrected chi connectivity index (χ3v) is 3.40. The first-order valence-electron chi connectivity index (χ1n) is 7.02. The van der Waals surface area contributed by atoms with E-state index in [0.29, 0.717) is 22.6 Å². The van der Waals surface area contributed by atoms with Gasteiger partial charge in [0.15, 0.2) is 5.76 Å². The molecule has 0 aliphatic heterocycles. The number of hydrogen-bond donors (Lipinski definition) is 1. The first-order valence-corrected chi connectivity index (χ1v) is 7.02. The summed E-state index contributed by atoms with van der Waals surface area (Å²) in [5, 5.41) is 0. The molecule has 0 aliphatic carbocycles. The lowest BCUT2D eigenvalue weighted by molar-refractivity contribution is -0.141. The molecule has 24 heavy (non-hydrogen) atoms. The van der Waals surface area contributed by atoms with Gasteiger partial charge in [-0.25, -0.2) is 9.97 Å². The molecule has 3 rings (SSSR count). The van der Waals surface area contributed by atoms with Gasteiger partial charge in [0.2, 0.25) is 5.95 Å². The molecule has 2 N–H and O–H groups in total. The molecule has 0 bridgehead atoms. The van der Waals surface area contributed by atoms with Crippen molar-refractivity contribution in [2.75, 3.05) is 12.8 Å². The Hall–Kier alpha value is -3.42. The van der Waals surface area contributed by atoms with Crippen LogP contribution in [0.4, 0.5) is 5.95 Å². The zero-order chi connectivity index (χ0) is 17.1. The number of nitrogens with zero attached hydrogens (tertiary/aromatic N) is 3. The number of hydrogen-bond acceptors (Lipinski definition) is 7. The van der Waals surface area contributed by atoms with Crippen LogP contribution in [0.2, 0.25) is 0 Å². The molecule has 122 valence electrons. The van der Waals surface area contributed by atoms with Crippen LogP contribution in [0.3, 0.4) is 0 Å². The Bertz CT molecular complexity index is 932. The first kappa shape index (κ1) is 15.5. The Balaban J connectivity index is 2.06. The molecule has 0 spiro atoms. The Labute approximate surface area is 136 Å². The molecule has 0 atom stereocenters. The van der Waals surface area contributed by atoms with Crippen molar-refractivity contribution in [1.29, 1.82) is 0 Å². The molecule has 0 aromatic carbocycles. The fourth-order valence-corrected chi connectivity index (χ4v) is 2.22. The van der Waals surface area contributed by atoms with Gasteiger partial charge in [0.25, 0.3) is 5.56 Å². The smallest absolute Gasteiger partial charge is 0.325 e. The monoisotopic (exact) mass is 326 g/mol. The van der Waals surface area contributed by atoms with Gasteiger partial charge in [-0.15, -0.1) is 0 Å². The zero-order valence-corrected chi connectivity index (χ0v) is 12.8. The molecule has 8 nitrogen and oxygen atoms in total. The van der Waals surface area contributed by atoms with E-state index in [2.05, 4.69) is 14.7 Å². The lowest BCUT2D eigenvalue weighted by Gasteiger charge is -2.09. The van der Waals surface area contributed by atoms with E-state index in [1.54, 1.807) is 18.2 Å². The van der Waals surface area contributed by atoms with Crippen molar-refractivity contribution in [3.05, 3.63) is 53.3 Å². The summed E-state index contributed by atoms with van der Waals surface area (Å²) in [5.41, 5.74) is 6.98. The molecule has 3 heterocycles. The number of rotatable bonds is 4. The van der Waals surface area contributed by atoms with Crippen molar-refractivity contribution in [2.24, 2.45) is 0 Å². The third kappa shape index (κ3) is 3.02. The molecule has 0 saturated carbocycles. The summed E-state index contributed by atoms with van der Waals surface area (Å²) in [4.78, 5) is 31.7. The summed E-state index contributed by atoms with van der Waals surface area (Å²) in [5.74, 6) is 0.110. The molecule has 0 unspecified atom stereocenters. The minimum absolute atomic E-state index is 0.101. The van der Waals surface area contributed by atoms with Gasteiger partial charge in [0, 0.05) is 24.0 Å². The molecule has 3 aromatic heterocycles. The number of nitrogen functional groups attached to an aromatic ring is 1. The van der Waals surface area contributed by atoms with Gasteiger partial charge in [0.05, 0.1) is 13.4 Å². The van der Waals surface area contributed by atoms with Gasteiger partial charge in [0.1, 0.15) is 12.2 Å². The molecule has 0 fully saturated rings. The van der Waals surface area contributed by atoms with Crippen LogP contribution in [0, 0.1) is 0 Å². The highest BCUT2D eigenvalue weighted by Gasteiger charge is 2.14. The summed E-state index contributed by atoms with van der Waals surface area (Å²) < 4.78 is 11.2. The number of carbonyl (C=O) groups excluding carboxylic acids is 1. The molecular formula is C16H14N4O4. The Morgan fingerprint density at radius 3 is 2.92 bits per heavy atom. The topological polar surface area (TPSA) is 113 Å². The highest BCUT2D eigenvalue weighted by molar-refractivity contribution is 5.78. The van der Waals surface area contributed by atoms with Gasteiger partial charge < -0.3 is 19.5 Å². The second-order valence-electron chi connectivity index (χ2n) is 4.93. The highest BCUT2D eigenvalue weighted by Crippen LogP contribution is 2.29. The summed E-state index contributed by atoms with van der Waals surface area (Å²) in [6, 6.07) is 6.55. The number of nitrogens with two attached hydrogens (primary N) is 1. The van der Waals surface area contributed by atoms with Gasteiger partial charge in [-0.3, -0.25) is 9.59 Å². The zero-order valence-electron chi connectivity index (χ0n) is 12.8. The second kappa shape index (κ2) is 6.37. The van der Waals surface area contributed by atoms with E-state index in [4.69, 9.17) is 10.2 Å². The van der Waals surface area contributed by atoms with Crippen LogP contribution >= 0.6 is 0 Å². The number of ether oxygens (including phenoxy) is 1. The number of carbonyl (C=O) groups is 1. The highest BCUT2D eigenvalue weighted by atomic mass is 16.5. The van der Waals surface area contributed by atoms with E-state index in [0.717, 1.165) is 0 Å². The molecule has 0 saturated heterocycles. The minimum Gasteiger partial charge on any atom is -0.468 e. The maximum absolute atomic E-state index is 12.2. The SMILES string of the molecule is COC(=O)Cn1ccc(-c2cnc(N)nc2-c2ccco2)cc1=O. The van der Waals surface area contributed by atoms with E-state index in [1.165, 1.54) is 36.4 Å². The van der Waals surface area contributed by atoms with Gasteiger partial charge in [-0.2, -0.15) is 0 Å². The second-order valence-corrected chi connectivity index (χ2v) is 4.93. The van der Waals surface area contributed by atoms with Gasteiger partial charge in [-0.1, -0.05) is 0 Å². The maximum Gasteiger partial charge on any atom is 0.325 e. The van der Waals surface area contributed by atoms with Crippen molar-refractivity contribution in [2.45, 2.75) is 6.54 Å². The van der Waals surface area contributed by atoms with E-state index >= 15 is 0 Å². The van der Waals surface area contributed by atoms with E-state index in [9.17, 15) is 9.59 Å². The summed E-state index contributed by atoms with van der Waals surface area (Å²) >= 11 is 0.